The van der Waals surface area contributed by atoms with Crippen molar-refractivity contribution in [2.24, 2.45) is 0 Å². The first kappa shape index (κ1) is 14.5. The largest absolute Gasteiger partial charge is 0.383 e. The molecule has 1 rings (SSSR count). The zero-order valence-corrected chi connectivity index (χ0v) is 11.0. The molecule has 17 heavy (non-hydrogen) atoms. The summed E-state index contributed by atoms with van der Waals surface area (Å²) in [5.41, 5.74) is 0. The van der Waals surface area contributed by atoms with Gasteiger partial charge in [-0.05, 0) is 12.8 Å². The molecule has 1 aliphatic rings. The van der Waals surface area contributed by atoms with Gasteiger partial charge in [0.25, 0.3) is 0 Å². The molecule has 4 heteroatoms. The van der Waals surface area contributed by atoms with Crippen molar-refractivity contribution in [3.05, 3.63) is 0 Å². The summed E-state index contributed by atoms with van der Waals surface area (Å²) in [6, 6.07) is 0.420. The third-order valence-electron chi connectivity index (χ3n) is 3.23. The zero-order chi connectivity index (χ0) is 12.3. The molecule has 0 radical (unpaired) electrons. The van der Waals surface area contributed by atoms with E-state index in [9.17, 15) is 4.79 Å². The molecule has 0 unspecified atom stereocenters. The Kier molecular flexibility index (Phi) is 8.01. The van der Waals surface area contributed by atoms with Crippen LogP contribution in [0.2, 0.25) is 0 Å². The van der Waals surface area contributed by atoms with Crippen LogP contribution in [-0.4, -0.2) is 38.8 Å². The number of carbonyl (C=O) groups is 1. The number of ether oxygens (including phenoxy) is 1. The quantitative estimate of drug-likeness (QED) is 0.525. The second kappa shape index (κ2) is 9.42. The van der Waals surface area contributed by atoms with E-state index in [4.69, 9.17) is 4.74 Å². The second-order valence-corrected chi connectivity index (χ2v) is 4.75. The highest BCUT2D eigenvalue weighted by molar-refractivity contribution is 5.76. The molecule has 4 nitrogen and oxygen atoms in total. The van der Waals surface area contributed by atoms with Gasteiger partial charge in [-0.2, -0.15) is 0 Å². The highest BCUT2D eigenvalue weighted by atomic mass is 16.5. The molecule has 1 aliphatic carbocycles. The third kappa shape index (κ3) is 7.34. The first-order valence-corrected chi connectivity index (χ1v) is 6.82. The lowest BCUT2D eigenvalue weighted by atomic mass is 10.1. The van der Waals surface area contributed by atoms with Crippen molar-refractivity contribution in [1.82, 2.24) is 10.6 Å². The Morgan fingerprint density at radius 2 is 1.88 bits per heavy atom. The molecule has 0 aromatic heterocycles. The van der Waals surface area contributed by atoms with Gasteiger partial charge in [-0.1, -0.05) is 25.7 Å². The van der Waals surface area contributed by atoms with Gasteiger partial charge in [-0.3, -0.25) is 4.79 Å². The van der Waals surface area contributed by atoms with E-state index in [-0.39, 0.29) is 5.91 Å². The highest BCUT2D eigenvalue weighted by Gasteiger charge is 2.13. The molecular weight excluding hydrogens is 216 g/mol. The lowest BCUT2D eigenvalue weighted by molar-refractivity contribution is -0.121. The van der Waals surface area contributed by atoms with E-state index in [0.29, 0.717) is 19.1 Å². The zero-order valence-electron chi connectivity index (χ0n) is 11.0. The highest BCUT2D eigenvalue weighted by Crippen LogP contribution is 2.17. The Bertz CT molecular complexity index is 202. The first-order chi connectivity index (χ1) is 8.33. The molecule has 1 fully saturated rings. The molecule has 0 heterocycles. The number of carbonyl (C=O) groups excluding carboxylic acids is 1. The average Bonchev–Trinajstić information content (AvgIpc) is 2.57. The molecule has 1 saturated carbocycles. The van der Waals surface area contributed by atoms with Crippen LogP contribution in [0.25, 0.3) is 0 Å². The van der Waals surface area contributed by atoms with Crippen LogP contribution in [-0.2, 0) is 9.53 Å². The van der Waals surface area contributed by atoms with Crippen molar-refractivity contribution < 1.29 is 9.53 Å². The summed E-state index contributed by atoms with van der Waals surface area (Å²) in [7, 11) is 1.68. The SMILES string of the molecule is COCCNCCC(=O)NC1CCCCCC1. The van der Waals surface area contributed by atoms with Crippen molar-refractivity contribution in [3.63, 3.8) is 0 Å². The van der Waals surface area contributed by atoms with E-state index in [1.54, 1.807) is 7.11 Å². The van der Waals surface area contributed by atoms with Gasteiger partial charge in [0.1, 0.15) is 0 Å². The minimum atomic E-state index is 0.182. The molecule has 0 aromatic rings. The molecule has 0 aliphatic heterocycles. The average molecular weight is 242 g/mol. The summed E-state index contributed by atoms with van der Waals surface area (Å²) < 4.78 is 4.92. The first-order valence-electron chi connectivity index (χ1n) is 6.82. The van der Waals surface area contributed by atoms with Gasteiger partial charge in [0.2, 0.25) is 5.91 Å². The Morgan fingerprint density at radius 1 is 1.18 bits per heavy atom. The van der Waals surface area contributed by atoms with E-state index >= 15 is 0 Å². The van der Waals surface area contributed by atoms with Gasteiger partial charge in [-0.15, -0.1) is 0 Å². The summed E-state index contributed by atoms with van der Waals surface area (Å²) in [5.74, 6) is 0.182. The van der Waals surface area contributed by atoms with Crippen molar-refractivity contribution >= 4 is 5.91 Å². The number of nitrogens with one attached hydrogen (secondary N) is 2. The van der Waals surface area contributed by atoms with Crippen LogP contribution in [0.15, 0.2) is 0 Å². The fraction of sp³-hybridized carbons (Fsp3) is 0.923. The summed E-state index contributed by atoms with van der Waals surface area (Å²) >= 11 is 0. The lowest BCUT2D eigenvalue weighted by Crippen LogP contribution is -2.36. The fourth-order valence-corrected chi connectivity index (χ4v) is 2.22. The number of amides is 1. The van der Waals surface area contributed by atoms with Gasteiger partial charge >= 0.3 is 0 Å². The number of hydrogen-bond acceptors (Lipinski definition) is 3. The second-order valence-electron chi connectivity index (χ2n) is 4.75. The molecule has 1 amide bonds. The molecule has 0 saturated heterocycles. The molecule has 0 bridgehead atoms. The van der Waals surface area contributed by atoms with Crippen LogP contribution in [0.3, 0.4) is 0 Å². The Morgan fingerprint density at radius 3 is 2.53 bits per heavy atom. The van der Waals surface area contributed by atoms with Crippen LogP contribution in [0.5, 0.6) is 0 Å². The normalized spacial score (nSPS) is 17.7. The minimum absolute atomic E-state index is 0.182. The summed E-state index contributed by atoms with van der Waals surface area (Å²) in [4.78, 5) is 11.7. The topological polar surface area (TPSA) is 50.4 Å². The Balaban J connectivity index is 2.03. The molecule has 2 N–H and O–H groups in total. The van der Waals surface area contributed by atoms with E-state index in [1.807, 2.05) is 0 Å². The summed E-state index contributed by atoms with van der Waals surface area (Å²) in [6.07, 6.45) is 8.05. The molecule has 0 atom stereocenters. The Labute approximate surface area is 104 Å². The van der Waals surface area contributed by atoms with Crippen molar-refractivity contribution in [2.45, 2.75) is 51.0 Å². The smallest absolute Gasteiger partial charge is 0.221 e. The monoisotopic (exact) mass is 242 g/mol. The fourth-order valence-electron chi connectivity index (χ4n) is 2.22. The van der Waals surface area contributed by atoms with Gasteiger partial charge < -0.3 is 15.4 Å². The molecular formula is C13H26N2O2. The number of methoxy groups -OCH3 is 1. The molecule has 0 spiro atoms. The van der Waals surface area contributed by atoms with Crippen LogP contribution in [0.1, 0.15) is 44.9 Å². The lowest BCUT2D eigenvalue weighted by Gasteiger charge is -2.16. The van der Waals surface area contributed by atoms with Gasteiger partial charge in [0.05, 0.1) is 6.61 Å². The number of hydrogen-bond donors (Lipinski definition) is 2. The maximum atomic E-state index is 11.7. The standard InChI is InChI=1S/C13H26N2O2/c1-17-11-10-14-9-8-13(16)15-12-6-4-2-3-5-7-12/h12,14H,2-11H2,1H3,(H,15,16). The molecule has 100 valence electrons. The van der Waals surface area contributed by atoms with Gasteiger partial charge in [-0.25, -0.2) is 0 Å². The third-order valence-corrected chi connectivity index (χ3v) is 3.23. The van der Waals surface area contributed by atoms with Gasteiger partial charge in [0.15, 0.2) is 0 Å². The van der Waals surface area contributed by atoms with Crippen LogP contribution >= 0.6 is 0 Å². The van der Waals surface area contributed by atoms with E-state index in [0.717, 1.165) is 25.9 Å². The maximum absolute atomic E-state index is 11.7. The predicted octanol–water partition coefficient (Wildman–Crippen LogP) is 1.45. The van der Waals surface area contributed by atoms with Gasteiger partial charge in [0, 0.05) is 32.7 Å². The predicted molar refractivity (Wildman–Crippen MR) is 69.0 cm³/mol. The van der Waals surface area contributed by atoms with Crippen molar-refractivity contribution in [1.29, 1.82) is 0 Å². The Hall–Kier alpha value is -0.610. The van der Waals surface area contributed by atoms with E-state index < -0.39 is 0 Å². The summed E-state index contributed by atoms with van der Waals surface area (Å²) in [6.45, 7) is 2.25. The van der Waals surface area contributed by atoms with Crippen LogP contribution in [0.4, 0.5) is 0 Å². The van der Waals surface area contributed by atoms with E-state index in [1.165, 1.54) is 25.7 Å². The van der Waals surface area contributed by atoms with Crippen molar-refractivity contribution in [3.8, 4) is 0 Å². The van der Waals surface area contributed by atoms with Crippen molar-refractivity contribution in [2.75, 3.05) is 26.8 Å². The summed E-state index contributed by atoms with van der Waals surface area (Å²) in [5, 5.41) is 6.32. The van der Waals surface area contributed by atoms with Crippen LogP contribution < -0.4 is 10.6 Å². The van der Waals surface area contributed by atoms with E-state index in [2.05, 4.69) is 10.6 Å². The maximum Gasteiger partial charge on any atom is 0.221 e. The molecule has 0 aromatic carbocycles. The van der Waals surface area contributed by atoms with Crippen LogP contribution in [0, 0.1) is 0 Å². The minimum Gasteiger partial charge on any atom is -0.383 e. The number of rotatable bonds is 7.